The van der Waals surface area contributed by atoms with Gasteiger partial charge in [0.05, 0.1) is 11.9 Å². The quantitative estimate of drug-likeness (QED) is 0.757. The predicted molar refractivity (Wildman–Crippen MR) is 77.4 cm³/mol. The van der Waals surface area contributed by atoms with E-state index in [1.165, 1.54) is 0 Å². The van der Waals surface area contributed by atoms with Gasteiger partial charge in [-0.2, -0.15) is 4.79 Å². The second-order valence-corrected chi connectivity index (χ2v) is 6.56. The van der Waals surface area contributed by atoms with Crippen LogP contribution < -0.4 is 5.43 Å². The van der Waals surface area contributed by atoms with E-state index in [2.05, 4.69) is 50.4 Å². The zero-order valence-electron chi connectivity index (χ0n) is 12.8. The molecule has 19 heavy (non-hydrogen) atoms. The van der Waals surface area contributed by atoms with Gasteiger partial charge in [0.25, 0.3) is 0 Å². The maximum atomic E-state index is 9.22. The van der Waals surface area contributed by atoms with Gasteiger partial charge in [-0.05, 0) is 35.3 Å². The maximum Gasteiger partial charge on any atom is 0.0849 e. The predicted octanol–water partition coefficient (Wildman–Crippen LogP) is 2.06. The zero-order valence-corrected chi connectivity index (χ0v) is 12.8. The van der Waals surface area contributed by atoms with E-state index in [0.717, 1.165) is 25.1 Å². The second kappa shape index (κ2) is 6.89. The molecule has 0 aliphatic heterocycles. The van der Waals surface area contributed by atoms with Crippen LogP contribution in [-0.2, 0) is 6.42 Å². The Morgan fingerprint density at radius 2 is 2.05 bits per heavy atom. The van der Waals surface area contributed by atoms with Crippen molar-refractivity contribution in [1.82, 2.24) is 15.1 Å². The number of hydrogen-bond acceptors (Lipinski definition) is 4. The molecule has 0 saturated carbocycles. The number of nitrogens with one attached hydrogen (secondary N) is 1. The van der Waals surface area contributed by atoms with Gasteiger partial charge in [-0.3, -0.25) is 0 Å². The van der Waals surface area contributed by atoms with Crippen molar-refractivity contribution in [3.05, 3.63) is 11.9 Å². The molecule has 2 N–H and O–H groups in total. The topological polar surface area (TPSA) is 63.0 Å². The highest BCUT2D eigenvalue weighted by Crippen LogP contribution is 2.20. The molecule has 0 spiro atoms. The lowest BCUT2D eigenvalue weighted by Gasteiger charge is -2.20. The first-order valence-electron chi connectivity index (χ1n) is 7.10. The van der Waals surface area contributed by atoms with E-state index < -0.39 is 0 Å². The van der Waals surface area contributed by atoms with E-state index in [1.807, 2.05) is 6.20 Å². The fourth-order valence-corrected chi connectivity index (χ4v) is 1.51. The Bertz CT molecular complexity index is 373. The number of aliphatic hydroxyl groups excluding tert-OH is 1. The summed E-state index contributed by atoms with van der Waals surface area (Å²) in [4.78, 5) is 1.69. The van der Waals surface area contributed by atoms with Crippen LogP contribution in [0.25, 0.3) is 0 Å². The van der Waals surface area contributed by atoms with Crippen molar-refractivity contribution >= 4 is 0 Å². The standard InChI is InChI=1S/C14H28N4O/c1-11(2)12(3)8-15-18-9-13(16-17-18)6-7-14(4,5)10-19/h9,11-12,15,19H,6-8,10H2,1-5H3. The molecule has 5 heteroatoms. The lowest BCUT2D eigenvalue weighted by Crippen LogP contribution is -2.24. The Balaban J connectivity index is 2.40. The number of rotatable bonds is 8. The van der Waals surface area contributed by atoms with Crippen LogP contribution >= 0.6 is 0 Å². The van der Waals surface area contributed by atoms with Crippen molar-refractivity contribution in [3.8, 4) is 0 Å². The van der Waals surface area contributed by atoms with Crippen LogP contribution in [0.1, 0.15) is 46.7 Å². The maximum absolute atomic E-state index is 9.22. The number of aromatic nitrogens is 3. The fourth-order valence-electron chi connectivity index (χ4n) is 1.51. The summed E-state index contributed by atoms with van der Waals surface area (Å²) >= 11 is 0. The summed E-state index contributed by atoms with van der Waals surface area (Å²) < 4.78 is 0. The summed E-state index contributed by atoms with van der Waals surface area (Å²) in [6.07, 6.45) is 3.68. The zero-order chi connectivity index (χ0) is 14.5. The summed E-state index contributed by atoms with van der Waals surface area (Å²) in [7, 11) is 0. The van der Waals surface area contributed by atoms with Crippen molar-refractivity contribution in [2.75, 3.05) is 18.6 Å². The second-order valence-electron chi connectivity index (χ2n) is 6.56. The summed E-state index contributed by atoms with van der Waals surface area (Å²) in [5, 5.41) is 17.4. The molecule has 1 unspecified atom stereocenters. The van der Waals surface area contributed by atoms with Gasteiger partial charge in [0.1, 0.15) is 0 Å². The number of hydrogen-bond donors (Lipinski definition) is 2. The molecule has 1 aromatic rings. The van der Waals surface area contributed by atoms with Gasteiger partial charge in [0, 0.05) is 13.2 Å². The third-order valence-electron chi connectivity index (χ3n) is 3.74. The van der Waals surface area contributed by atoms with Crippen LogP contribution in [0.5, 0.6) is 0 Å². The molecule has 1 heterocycles. The van der Waals surface area contributed by atoms with Crippen LogP contribution in [0, 0.1) is 17.3 Å². The molecule has 0 fully saturated rings. The summed E-state index contributed by atoms with van der Waals surface area (Å²) in [6.45, 7) is 11.9. The summed E-state index contributed by atoms with van der Waals surface area (Å²) in [6, 6.07) is 0. The Labute approximate surface area is 116 Å². The highest BCUT2D eigenvalue weighted by atomic mass is 16.3. The Hall–Kier alpha value is -1.10. The molecule has 0 aromatic carbocycles. The first-order chi connectivity index (χ1) is 8.84. The first-order valence-corrected chi connectivity index (χ1v) is 7.10. The van der Waals surface area contributed by atoms with E-state index in [0.29, 0.717) is 11.8 Å². The van der Waals surface area contributed by atoms with Gasteiger partial charge in [-0.15, -0.1) is 5.10 Å². The molecule has 0 aliphatic carbocycles. The average Bonchev–Trinajstić information content (AvgIpc) is 2.81. The largest absolute Gasteiger partial charge is 0.396 e. The van der Waals surface area contributed by atoms with Crippen molar-refractivity contribution in [3.63, 3.8) is 0 Å². The van der Waals surface area contributed by atoms with Gasteiger partial charge < -0.3 is 10.5 Å². The molecular formula is C14H28N4O. The molecule has 0 aliphatic rings. The highest BCUT2D eigenvalue weighted by Gasteiger charge is 2.17. The van der Waals surface area contributed by atoms with Crippen molar-refractivity contribution in [2.24, 2.45) is 17.3 Å². The third kappa shape index (κ3) is 5.59. The lowest BCUT2D eigenvalue weighted by atomic mass is 9.88. The smallest absolute Gasteiger partial charge is 0.0849 e. The number of nitrogens with zero attached hydrogens (tertiary/aromatic N) is 3. The summed E-state index contributed by atoms with van der Waals surface area (Å²) in [5.74, 6) is 1.25. The third-order valence-corrected chi connectivity index (χ3v) is 3.74. The normalized spacial score (nSPS) is 13.8. The van der Waals surface area contributed by atoms with Gasteiger partial charge in [0.15, 0.2) is 0 Å². The van der Waals surface area contributed by atoms with Crippen molar-refractivity contribution < 1.29 is 5.11 Å². The molecule has 1 aromatic heterocycles. The molecule has 0 bridgehead atoms. The van der Waals surface area contributed by atoms with Crippen LogP contribution in [-0.4, -0.2) is 33.4 Å². The van der Waals surface area contributed by atoms with E-state index >= 15 is 0 Å². The van der Waals surface area contributed by atoms with E-state index in [4.69, 9.17) is 0 Å². The molecule has 5 nitrogen and oxygen atoms in total. The van der Waals surface area contributed by atoms with Crippen LogP contribution in [0.3, 0.4) is 0 Å². The van der Waals surface area contributed by atoms with Gasteiger partial charge in [-0.1, -0.05) is 34.6 Å². The molecule has 0 radical (unpaired) electrons. The van der Waals surface area contributed by atoms with Crippen LogP contribution in [0.15, 0.2) is 6.20 Å². The molecular weight excluding hydrogens is 240 g/mol. The van der Waals surface area contributed by atoms with E-state index in [-0.39, 0.29) is 12.0 Å². The minimum atomic E-state index is -0.0522. The lowest BCUT2D eigenvalue weighted by molar-refractivity contribution is 0.150. The van der Waals surface area contributed by atoms with Crippen LogP contribution in [0.4, 0.5) is 0 Å². The molecule has 0 saturated heterocycles. The molecule has 110 valence electrons. The van der Waals surface area contributed by atoms with Crippen molar-refractivity contribution in [1.29, 1.82) is 0 Å². The van der Waals surface area contributed by atoms with Gasteiger partial charge in [-0.25, -0.2) is 0 Å². The monoisotopic (exact) mass is 268 g/mol. The number of aryl methyl sites for hydroxylation is 1. The number of aliphatic hydroxyl groups is 1. The average molecular weight is 268 g/mol. The fraction of sp³-hybridized carbons (Fsp3) is 0.857. The van der Waals surface area contributed by atoms with Gasteiger partial charge in [0.2, 0.25) is 0 Å². The van der Waals surface area contributed by atoms with Crippen LogP contribution in [0.2, 0.25) is 0 Å². The van der Waals surface area contributed by atoms with Gasteiger partial charge >= 0.3 is 0 Å². The molecule has 1 rings (SSSR count). The van der Waals surface area contributed by atoms with E-state index in [1.54, 1.807) is 4.79 Å². The van der Waals surface area contributed by atoms with Crippen molar-refractivity contribution in [2.45, 2.75) is 47.5 Å². The first kappa shape index (κ1) is 16.0. The minimum absolute atomic E-state index is 0.0522. The molecule has 0 amide bonds. The molecule has 1 atom stereocenters. The Kier molecular flexibility index (Phi) is 5.79. The summed E-state index contributed by atoms with van der Waals surface area (Å²) in [5.41, 5.74) is 4.16. The Morgan fingerprint density at radius 1 is 1.37 bits per heavy atom. The minimum Gasteiger partial charge on any atom is -0.396 e. The SMILES string of the molecule is CC(C)C(C)CNn1cc(CCC(C)(C)CO)nn1. The highest BCUT2D eigenvalue weighted by molar-refractivity contribution is 4.95. The Morgan fingerprint density at radius 3 is 2.63 bits per heavy atom. The van der Waals surface area contributed by atoms with E-state index in [9.17, 15) is 5.11 Å².